The smallest absolute Gasteiger partial charge is 0.280 e. The summed E-state index contributed by atoms with van der Waals surface area (Å²) < 4.78 is 4.96. The van der Waals surface area contributed by atoms with Crippen molar-refractivity contribution >= 4 is 34.9 Å². The number of amides is 1. The lowest BCUT2D eigenvalue weighted by Crippen LogP contribution is -2.56. The molecule has 0 saturated carbocycles. The fourth-order valence-electron chi connectivity index (χ4n) is 3.88. The summed E-state index contributed by atoms with van der Waals surface area (Å²) in [6.07, 6.45) is 0.651. The highest BCUT2D eigenvalue weighted by molar-refractivity contribution is 6.50. The molecule has 1 spiro atoms. The predicted molar refractivity (Wildman–Crippen MR) is 104 cm³/mol. The van der Waals surface area contributed by atoms with Gasteiger partial charge in [-0.1, -0.05) is 29.3 Å². The number of halogens is 2. The summed E-state index contributed by atoms with van der Waals surface area (Å²) in [4.78, 5) is 36.0. The van der Waals surface area contributed by atoms with Gasteiger partial charge in [0.15, 0.2) is 12.6 Å². The van der Waals surface area contributed by atoms with Crippen LogP contribution in [0.3, 0.4) is 0 Å². The van der Waals surface area contributed by atoms with Gasteiger partial charge >= 0.3 is 0 Å². The molecule has 2 saturated heterocycles. The number of alkyl halides is 1. The Balaban J connectivity index is 2.10. The number of ketones is 1. The van der Waals surface area contributed by atoms with E-state index in [9.17, 15) is 9.59 Å². The monoisotopic (exact) mass is 430 g/mol. The number of hydrogen-bond donors (Lipinski definition) is 0. The van der Waals surface area contributed by atoms with Crippen molar-refractivity contribution in [1.29, 1.82) is 0 Å². The summed E-state index contributed by atoms with van der Waals surface area (Å²) in [6, 6.07) is 3.42. The van der Waals surface area contributed by atoms with E-state index in [1.807, 2.05) is 13.8 Å². The van der Waals surface area contributed by atoms with Gasteiger partial charge in [-0.05, 0) is 43.9 Å². The van der Waals surface area contributed by atoms with Crippen molar-refractivity contribution in [3.8, 4) is 0 Å². The van der Waals surface area contributed by atoms with Crippen molar-refractivity contribution in [3.05, 3.63) is 33.8 Å². The van der Waals surface area contributed by atoms with E-state index in [-0.39, 0.29) is 17.4 Å². The molecule has 1 unspecified atom stereocenters. The number of carbonyl (C=O) groups excluding carboxylic acids is 2. The Labute approximate surface area is 174 Å². The maximum atomic E-state index is 13.7. The predicted octanol–water partition coefficient (Wildman–Crippen LogP) is 2.73. The summed E-state index contributed by atoms with van der Waals surface area (Å²) >= 11 is 13.2. The number of Topliss-reactive ketones (excluding diaryl/α,β-unsaturated/α-hetero) is 1. The van der Waals surface area contributed by atoms with Gasteiger partial charge < -0.3 is 9.57 Å². The molecule has 0 aromatic heterocycles. The fraction of sp³-hybridized carbons (Fsp3) is 0.579. The number of hydrogen-bond acceptors (Lipinski definition) is 6. The third kappa shape index (κ3) is 3.14. The minimum atomic E-state index is -1.95. The number of carbonyl (C=O) groups is 2. The molecule has 9 heteroatoms. The molecule has 1 aromatic rings. The lowest BCUT2D eigenvalue weighted by Gasteiger charge is -2.41. The Morgan fingerprint density at radius 2 is 1.71 bits per heavy atom. The molecule has 7 nitrogen and oxygen atoms in total. The van der Waals surface area contributed by atoms with E-state index in [0.29, 0.717) is 25.9 Å². The zero-order chi connectivity index (χ0) is 20.7. The molecular formula is C19H24Cl2N2O5. The van der Waals surface area contributed by atoms with Crippen molar-refractivity contribution in [1.82, 2.24) is 10.1 Å². The number of aryl methyl sites for hydroxylation is 2. The van der Waals surface area contributed by atoms with Gasteiger partial charge in [0.2, 0.25) is 4.87 Å². The Morgan fingerprint density at radius 1 is 1.11 bits per heavy atom. The van der Waals surface area contributed by atoms with Crippen LogP contribution in [0.2, 0.25) is 5.02 Å². The molecule has 28 heavy (non-hydrogen) atoms. The van der Waals surface area contributed by atoms with Crippen molar-refractivity contribution in [2.24, 2.45) is 0 Å². The molecule has 1 aromatic carbocycles. The number of piperidine rings is 1. The molecular weight excluding hydrogens is 407 g/mol. The van der Waals surface area contributed by atoms with Crippen LogP contribution in [-0.2, 0) is 28.9 Å². The topological polar surface area (TPSA) is 68.3 Å². The summed E-state index contributed by atoms with van der Waals surface area (Å²) in [7, 11) is 3.01. The lowest BCUT2D eigenvalue weighted by molar-refractivity contribution is -0.256. The number of nitrogens with zero attached hydrogens (tertiary/aromatic N) is 2. The van der Waals surface area contributed by atoms with E-state index in [0.717, 1.165) is 16.2 Å². The van der Waals surface area contributed by atoms with Crippen LogP contribution in [0.5, 0.6) is 0 Å². The second kappa shape index (κ2) is 7.89. The van der Waals surface area contributed by atoms with Crippen molar-refractivity contribution in [2.45, 2.75) is 37.1 Å². The molecule has 0 N–H and O–H groups in total. The summed E-state index contributed by atoms with van der Waals surface area (Å²) in [5.74, 6) is -1.07. The highest BCUT2D eigenvalue weighted by atomic mass is 35.5. The number of ether oxygens (including phenoxy) is 1. The van der Waals surface area contributed by atoms with Crippen LogP contribution in [0.15, 0.2) is 12.1 Å². The summed E-state index contributed by atoms with van der Waals surface area (Å²) in [6.45, 7) is 4.51. The summed E-state index contributed by atoms with van der Waals surface area (Å²) in [5, 5.41) is 3.11. The highest BCUT2D eigenvalue weighted by Crippen LogP contribution is 2.51. The standard InChI is InChI=1S/C19H24Cl2N2O5/c1-12-9-14(15(20)10-13(12)2)19(21)16(24)18(5-7-22(27-4)8-6-18)23(17(19)25)28-11-26-3/h9-10H,5-8,11H2,1-4H3. The van der Waals surface area contributed by atoms with Crippen LogP contribution >= 0.6 is 23.2 Å². The molecule has 3 rings (SSSR count). The lowest BCUT2D eigenvalue weighted by atomic mass is 9.80. The maximum absolute atomic E-state index is 13.7. The second-order valence-corrected chi connectivity index (χ2v) is 8.16. The van der Waals surface area contributed by atoms with Crippen molar-refractivity contribution < 1.29 is 24.0 Å². The molecule has 0 aliphatic carbocycles. The molecule has 1 amide bonds. The van der Waals surface area contributed by atoms with Gasteiger partial charge in [0.1, 0.15) is 5.54 Å². The maximum Gasteiger partial charge on any atom is 0.280 e. The van der Waals surface area contributed by atoms with Gasteiger partial charge in [0, 0.05) is 30.8 Å². The molecule has 2 fully saturated rings. The second-order valence-electron chi connectivity index (χ2n) is 7.18. The van der Waals surface area contributed by atoms with Crippen LogP contribution in [0.1, 0.15) is 29.5 Å². The van der Waals surface area contributed by atoms with E-state index in [1.54, 1.807) is 24.3 Å². The molecule has 0 bridgehead atoms. The average molecular weight is 431 g/mol. The van der Waals surface area contributed by atoms with Gasteiger partial charge in [-0.2, -0.15) is 5.06 Å². The minimum Gasteiger partial charge on any atom is -0.356 e. The number of hydroxylamine groups is 4. The van der Waals surface area contributed by atoms with E-state index in [4.69, 9.17) is 37.6 Å². The SMILES string of the molecule is COCON1C(=O)C(Cl)(c2cc(C)c(C)cc2Cl)C(=O)C12CCN(OC)CC2. The van der Waals surface area contributed by atoms with Crippen LogP contribution in [0, 0.1) is 13.8 Å². The third-order valence-corrected chi connectivity index (χ3v) is 6.52. The first-order valence-corrected chi connectivity index (χ1v) is 9.74. The number of methoxy groups -OCH3 is 1. The van der Waals surface area contributed by atoms with Gasteiger partial charge in [0.05, 0.1) is 7.11 Å². The Hall–Kier alpha value is -1.22. The first-order valence-electron chi connectivity index (χ1n) is 8.99. The molecule has 2 aliphatic heterocycles. The van der Waals surface area contributed by atoms with Gasteiger partial charge in [-0.25, -0.2) is 9.90 Å². The van der Waals surface area contributed by atoms with Gasteiger partial charge in [-0.3, -0.25) is 9.59 Å². The van der Waals surface area contributed by atoms with Gasteiger partial charge in [0.25, 0.3) is 5.91 Å². The molecule has 2 heterocycles. The number of benzene rings is 1. The zero-order valence-corrected chi connectivity index (χ0v) is 17.9. The van der Waals surface area contributed by atoms with Crippen LogP contribution in [0.25, 0.3) is 0 Å². The van der Waals surface area contributed by atoms with Crippen LogP contribution < -0.4 is 0 Å². The molecule has 0 radical (unpaired) electrons. The van der Waals surface area contributed by atoms with Gasteiger partial charge in [-0.15, -0.1) is 0 Å². The number of rotatable bonds is 5. The molecule has 154 valence electrons. The Bertz CT molecular complexity index is 795. The van der Waals surface area contributed by atoms with E-state index < -0.39 is 22.1 Å². The Kier molecular flexibility index (Phi) is 6.06. The van der Waals surface area contributed by atoms with Crippen molar-refractivity contribution in [3.63, 3.8) is 0 Å². The van der Waals surface area contributed by atoms with Crippen molar-refractivity contribution in [2.75, 3.05) is 34.1 Å². The van der Waals surface area contributed by atoms with E-state index >= 15 is 0 Å². The van der Waals surface area contributed by atoms with E-state index in [1.165, 1.54) is 7.11 Å². The molecule has 2 aliphatic rings. The third-order valence-electron chi connectivity index (χ3n) is 5.67. The Morgan fingerprint density at radius 3 is 2.29 bits per heavy atom. The van der Waals surface area contributed by atoms with Crippen LogP contribution in [-0.4, -0.2) is 61.5 Å². The normalized spacial score (nSPS) is 25.1. The first-order chi connectivity index (χ1) is 13.2. The minimum absolute atomic E-state index is 0.178. The highest BCUT2D eigenvalue weighted by Gasteiger charge is 2.69. The quantitative estimate of drug-likeness (QED) is 0.406. The fourth-order valence-corrected chi connectivity index (χ4v) is 4.70. The van der Waals surface area contributed by atoms with Crippen LogP contribution in [0.4, 0.5) is 0 Å². The molecule has 1 atom stereocenters. The van der Waals surface area contributed by atoms with E-state index in [2.05, 4.69) is 0 Å². The summed E-state index contributed by atoms with van der Waals surface area (Å²) in [5.41, 5.74) is 0.919. The largest absolute Gasteiger partial charge is 0.356 e. The first kappa shape index (κ1) is 21.5. The average Bonchev–Trinajstić information content (AvgIpc) is 2.83. The zero-order valence-electron chi connectivity index (χ0n) is 16.4.